The summed E-state index contributed by atoms with van der Waals surface area (Å²) in [6.07, 6.45) is 3.28. The summed E-state index contributed by atoms with van der Waals surface area (Å²) in [6.45, 7) is 1.88. The first-order chi connectivity index (χ1) is 15.6. The summed E-state index contributed by atoms with van der Waals surface area (Å²) in [5.41, 5.74) is 2.76. The van der Waals surface area contributed by atoms with Crippen molar-refractivity contribution in [3.8, 4) is 17.1 Å². The van der Waals surface area contributed by atoms with Crippen LogP contribution in [0.3, 0.4) is 0 Å². The molecule has 1 aliphatic heterocycles. The van der Waals surface area contributed by atoms with Crippen LogP contribution >= 0.6 is 11.3 Å². The molecule has 5 rings (SSSR count). The van der Waals surface area contributed by atoms with E-state index < -0.39 is 6.04 Å². The summed E-state index contributed by atoms with van der Waals surface area (Å²) in [7, 11) is 1.62. The lowest BCUT2D eigenvalue weighted by molar-refractivity contribution is -0.113. The Labute approximate surface area is 188 Å². The SMILES string of the molecule is COc1cccc(-c2nc3n(n2)[C@H](c2cccs2)C(C(=O)Nc2cccnc2)=C(C)N3)c1. The molecule has 0 unspecified atom stereocenters. The minimum Gasteiger partial charge on any atom is -0.497 e. The second-order valence-electron chi connectivity index (χ2n) is 7.21. The second-order valence-corrected chi connectivity index (χ2v) is 8.19. The molecule has 4 aromatic rings. The number of fused-ring (bicyclic) bond motifs is 1. The van der Waals surface area contributed by atoms with Crippen LogP contribution in [0.1, 0.15) is 17.8 Å². The van der Waals surface area contributed by atoms with Crippen molar-refractivity contribution in [3.63, 3.8) is 0 Å². The lowest BCUT2D eigenvalue weighted by atomic mass is 10.0. The maximum atomic E-state index is 13.3. The fraction of sp³-hybridized carbons (Fsp3) is 0.130. The number of nitrogens with zero attached hydrogens (tertiary/aromatic N) is 4. The predicted octanol–water partition coefficient (Wildman–Crippen LogP) is 4.34. The van der Waals surface area contributed by atoms with Crippen molar-refractivity contribution in [2.24, 2.45) is 0 Å². The monoisotopic (exact) mass is 444 g/mol. The van der Waals surface area contributed by atoms with Crippen molar-refractivity contribution in [2.45, 2.75) is 13.0 Å². The number of ether oxygens (including phenoxy) is 1. The zero-order valence-electron chi connectivity index (χ0n) is 17.4. The van der Waals surface area contributed by atoms with E-state index in [1.54, 1.807) is 47.7 Å². The van der Waals surface area contributed by atoms with E-state index in [1.165, 1.54) is 0 Å². The zero-order valence-corrected chi connectivity index (χ0v) is 18.3. The van der Waals surface area contributed by atoms with Gasteiger partial charge < -0.3 is 15.4 Å². The summed E-state index contributed by atoms with van der Waals surface area (Å²) in [6, 6.07) is 14.7. The Balaban J connectivity index is 1.57. The van der Waals surface area contributed by atoms with Gasteiger partial charge in [0.2, 0.25) is 5.95 Å². The van der Waals surface area contributed by atoms with Crippen molar-refractivity contribution in [1.29, 1.82) is 0 Å². The molecule has 9 heteroatoms. The number of allylic oxidation sites excluding steroid dienone is 1. The zero-order chi connectivity index (χ0) is 22.1. The van der Waals surface area contributed by atoms with Gasteiger partial charge in [0.05, 0.1) is 24.6 Å². The van der Waals surface area contributed by atoms with Gasteiger partial charge in [-0.25, -0.2) is 4.68 Å². The molecular weight excluding hydrogens is 424 g/mol. The third-order valence-corrected chi connectivity index (χ3v) is 6.08. The smallest absolute Gasteiger partial charge is 0.255 e. The fourth-order valence-corrected chi connectivity index (χ4v) is 4.49. The number of carbonyl (C=O) groups is 1. The van der Waals surface area contributed by atoms with Gasteiger partial charge in [0.25, 0.3) is 5.91 Å². The molecule has 1 amide bonds. The third kappa shape index (κ3) is 3.63. The predicted molar refractivity (Wildman–Crippen MR) is 124 cm³/mol. The number of aromatic nitrogens is 4. The Bertz CT molecular complexity index is 1300. The van der Waals surface area contributed by atoms with Crippen molar-refractivity contribution >= 4 is 28.9 Å². The van der Waals surface area contributed by atoms with E-state index in [1.807, 2.05) is 48.7 Å². The molecule has 1 atom stereocenters. The van der Waals surface area contributed by atoms with E-state index in [4.69, 9.17) is 14.8 Å². The average Bonchev–Trinajstić information content (AvgIpc) is 3.49. The summed E-state index contributed by atoms with van der Waals surface area (Å²) < 4.78 is 7.11. The summed E-state index contributed by atoms with van der Waals surface area (Å²) in [4.78, 5) is 23.1. The lowest BCUT2D eigenvalue weighted by Crippen LogP contribution is -2.31. The number of carbonyl (C=O) groups excluding carboxylic acids is 1. The van der Waals surface area contributed by atoms with Gasteiger partial charge in [-0.05, 0) is 42.6 Å². The van der Waals surface area contributed by atoms with E-state index >= 15 is 0 Å². The van der Waals surface area contributed by atoms with Gasteiger partial charge in [-0.2, -0.15) is 4.98 Å². The highest BCUT2D eigenvalue weighted by atomic mass is 32.1. The maximum absolute atomic E-state index is 13.3. The van der Waals surface area contributed by atoms with Gasteiger partial charge in [0.1, 0.15) is 11.8 Å². The van der Waals surface area contributed by atoms with Crippen LogP contribution in [0, 0.1) is 0 Å². The largest absolute Gasteiger partial charge is 0.497 e. The first-order valence-corrected chi connectivity index (χ1v) is 10.9. The van der Waals surface area contributed by atoms with Gasteiger partial charge in [0.15, 0.2) is 5.82 Å². The molecule has 0 saturated heterocycles. The number of thiophene rings is 1. The molecule has 8 nitrogen and oxygen atoms in total. The van der Waals surface area contributed by atoms with Gasteiger partial charge >= 0.3 is 0 Å². The molecule has 2 N–H and O–H groups in total. The molecule has 1 aliphatic rings. The van der Waals surface area contributed by atoms with E-state index in [0.29, 0.717) is 23.0 Å². The maximum Gasteiger partial charge on any atom is 0.255 e. The van der Waals surface area contributed by atoms with Crippen molar-refractivity contribution in [3.05, 3.63) is 82.5 Å². The van der Waals surface area contributed by atoms with E-state index in [2.05, 4.69) is 15.6 Å². The quantitative estimate of drug-likeness (QED) is 0.476. The van der Waals surface area contributed by atoms with Gasteiger partial charge in [-0.3, -0.25) is 9.78 Å². The van der Waals surface area contributed by atoms with Crippen LogP contribution in [-0.2, 0) is 4.79 Å². The standard InChI is InChI=1S/C23H20N6O2S/c1-14-19(22(30)26-16-7-4-10-24-13-16)20(18-9-5-11-32-18)29-23(25-14)27-21(28-29)15-6-3-8-17(12-15)31-2/h3-13,20H,1-2H3,(H,26,30)(H,25,27,28)/t20-/m1/s1. The molecule has 0 aliphatic carbocycles. The molecule has 3 aromatic heterocycles. The number of rotatable bonds is 5. The number of methoxy groups -OCH3 is 1. The van der Waals surface area contributed by atoms with E-state index in [-0.39, 0.29) is 5.91 Å². The topological polar surface area (TPSA) is 94.0 Å². The first kappa shape index (κ1) is 20.0. The van der Waals surface area contributed by atoms with Crippen LogP contribution < -0.4 is 15.4 Å². The molecule has 0 saturated carbocycles. The summed E-state index contributed by atoms with van der Waals surface area (Å²) >= 11 is 1.57. The van der Waals surface area contributed by atoms with Crippen LogP contribution in [0.4, 0.5) is 11.6 Å². The van der Waals surface area contributed by atoms with Crippen LogP contribution in [-0.4, -0.2) is 32.8 Å². The van der Waals surface area contributed by atoms with Crippen LogP contribution in [0.15, 0.2) is 77.6 Å². The Hall–Kier alpha value is -3.98. The average molecular weight is 445 g/mol. The Kier molecular flexibility index (Phi) is 5.16. The van der Waals surface area contributed by atoms with Crippen molar-refractivity contribution in [1.82, 2.24) is 19.7 Å². The van der Waals surface area contributed by atoms with Crippen LogP contribution in [0.5, 0.6) is 5.75 Å². The highest BCUT2D eigenvalue weighted by Gasteiger charge is 2.35. The number of hydrogen-bond acceptors (Lipinski definition) is 7. The molecule has 1 aromatic carbocycles. The number of anilines is 2. The Morgan fingerprint density at radius 1 is 1.22 bits per heavy atom. The molecule has 0 radical (unpaired) electrons. The number of hydrogen-bond donors (Lipinski definition) is 2. The molecule has 160 valence electrons. The third-order valence-electron chi connectivity index (χ3n) is 5.16. The van der Waals surface area contributed by atoms with E-state index in [9.17, 15) is 4.79 Å². The number of benzene rings is 1. The minimum absolute atomic E-state index is 0.217. The highest BCUT2D eigenvalue weighted by Crippen LogP contribution is 2.38. The molecule has 0 bridgehead atoms. The number of amides is 1. The second kappa shape index (κ2) is 8.27. The summed E-state index contributed by atoms with van der Waals surface area (Å²) in [5, 5.41) is 13.0. The minimum atomic E-state index is -0.408. The van der Waals surface area contributed by atoms with Crippen LogP contribution in [0.2, 0.25) is 0 Å². The first-order valence-electron chi connectivity index (χ1n) is 9.97. The molecular formula is C23H20N6O2S. The Morgan fingerprint density at radius 3 is 2.88 bits per heavy atom. The fourth-order valence-electron chi connectivity index (χ4n) is 3.67. The molecule has 0 fully saturated rings. The van der Waals surface area contributed by atoms with Gasteiger partial charge in [-0.1, -0.05) is 18.2 Å². The number of nitrogens with one attached hydrogen (secondary N) is 2. The van der Waals surface area contributed by atoms with Crippen molar-refractivity contribution in [2.75, 3.05) is 17.7 Å². The number of pyridine rings is 1. The van der Waals surface area contributed by atoms with Gasteiger partial charge in [-0.15, -0.1) is 16.4 Å². The van der Waals surface area contributed by atoms with Gasteiger partial charge in [0, 0.05) is 22.3 Å². The van der Waals surface area contributed by atoms with Crippen molar-refractivity contribution < 1.29 is 9.53 Å². The van der Waals surface area contributed by atoms with E-state index in [0.717, 1.165) is 21.9 Å². The lowest BCUT2D eigenvalue weighted by Gasteiger charge is -2.27. The Morgan fingerprint density at radius 2 is 2.12 bits per heavy atom. The summed E-state index contributed by atoms with van der Waals surface area (Å²) in [5.74, 6) is 1.64. The van der Waals surface area contributed by atoms with Crippen LogP contribution in [0.25, 0.3) is 11.4 Å². The molecule has 4 heterocycles. The molecule has 32 heavy (non-hydrogen) atoms. The normalized spacial score (nSPS) is 15.1. The highest BCUT2D eigenvalue weighted by molar-refractivity contribution is 7.10. The molecule has 0 spiro atoms.